The lowest BCUT2D eigenvalue weighted by Crippen LogP contribution is -2.51. The first-order chi connectivity index (χ1) is 13.3. The molecule has 0 aliphatic carbocycles. The lowest BCUT2D eigenvalue weighted by molar-refractivity contribution is -0.135. The molecule has 2 aromatic carbocycles. The maximum atomic E-state index is 12.8. The van der Waals surface area contributed by atoms with E-state index in [4.69, 9.17) is 11.6 Å². The molecule has 3 amide bonds. The molecular weight excluding hydrogens is 378 g/mol. The van der Waals surface area contributed by atoms with Crippen LogP contribution in [0.15, 0.2) is 54.6 Å². The Bertz CT molecular complexity index is 840. The zero-order chi connectivity index (χ0) is 20.7. The lowest BCUT2D eigenvalue weighted by Gasteiger charge is -2.26. The number of likely N-dealkylation sites (N-methyl/N-ethyl adjacent to an activating group) is 1. The van der Waals surface area contributed by atoms with Gasteiger partial charge in [-0.2, -0.15) is 0 Å². The third-order valence-electron chi connectivity index (χ3n) is 4.12. The Morgan fingerprint density at radius 3 is 2.32 bits per heavy atom. The van der Waals surface area contributed by atoms with Crippen LogP contribution < -0.4 is 10.6 Å². The third kappa shape index (κ3) is 6.09. The van der Waals surface area contributed by atoms with Gasteiger partial charge in [0.05, 0.1) is 6.54 Å². The Morgan fingerprint density at radius 2 is 1.71 bits per heavy atom. The third-order valence-corrected chi connectivity index (χ3v) is 4.36. The predicted octanol–water partition coefficient (Wildman–Crippen LogP) is 3.19. The Labute approximate surface area is 169 Å². The number of nitrogens with zero attached hydrogens (tertiary/aromatic N) is 1. The highest BCUT2D eigenvalue weighted by Crippen LogP contribution is 2.15. The van der Waals surface area contributed by atoms with E-state index in [1.807, 2.05) is 19.9 Å². The van der Waals surface area contributed by atoms with Crippen molar-refractivity contribution in [2.24, 2.45) is 5.92 Å². The molecule has 0 fully saturated rings. The van der Waals surface area contributed by atoms with Crippen LogP contribution >= 0.6 is 11.6 Å². The van der Waals surface area contributed by atoms with E-state index in [2.05, 4.69) is 10.6 Å². The number of halogens is 1. The van der Waals surface area contributed by atoms with Gasteiger partial charge in [-0.15, -0.1) is 0 Å². The van der Waals surface area contributed by atoms with E-state index >= 15 is 0 Å². The molecule has 0 aliphatic heterocycles. The summed E-state index contributed by atoms with van der Waals surface area (Å²) in [5.74, 6) is -1.15. The molecule has 148 valence electrons. The Hall–Kier alpha value is -2.86. The molecule has 1 unspecified atom stereocenters. The van der Waals surface area contributed by atoms with E-state index in [9.17, 15) is 14.4 Å². The number of carbonyl (C=O) groups excluding carboxylic acids is 3. The number of carbonyl (C=O) groups is 3. The summed E-state index contributed by atoms with van der Waals surface area (Å²) in [5, 5.41) is 5.97. The summed E-state index contributed by atoms with van der Waals surface area (Å²) in [6, 6.07) is 14.7. The number of hydrogen-bond donors (Lipinski definition) is 2. The van der Waals surface area contributed by atoms with E-state index in [1.165, 1.54) is 11.9 Å². The van der Waals surface area contributed by atoms with Crippen molar-refractivity contribution in [2.75, 3.05) is 18.9 Å². The highest BCUT2D eigenvalue weighted by atomic mass is 35.5. The molecule has 2 rings (SSSR count). The van der Waals surface area contributed by atoms with Gasteiger partial charge < -0.3 is 15.5 Å². The fraction of sp³-hybridized carbons (Fsp3) is 0.286. The van der Waals surface area contributed by atoms with Gasteiger partial charge in [0, 0.05) is 23.3 Å². The summed E-state index contributed by atoms with van der Waals surface area (Å²) in [6.45, 7) is 3.54. The average Bonchev–Trinajstić information content (AvgIpc) is 2.65. The van der Waals surface area contributed by atoms with Gasteiger partial charge in [-0.1, -0.05) is 49.7 Å². The predicted molar refractivity (Wildman–Crippen MR) is 110 cm³/mol. The largest absolute Gasteiger partial charge is 0.340 e. The number of hydrogen-bond acceptors (Lipinski definition) is 3. The summed E-state index contributed by atoms with van der Waals surface area (Å²) < 4.78 is 0. The first-order valence-corrected chi connectivity index (χ1v) is 9.32. The van der Waals surface area contributed by atoms with Crippen LogP contribution in [-0.4, -0.2) is 42.3 Å². The van der Waals surface area contributed by atoms with Gasteiger partial charge in [-0.3, -0.25) is 14.4 Å². The fourth-order valence-corrected chi connectivity index (χ4v) is 2.82. The molecule has 2 N–H and O–H groups in total. The number of amides is 3. The molecule has 0 aromatic heterocycles. The number of benzene rings is 2. The van der Waals surface area contributed by atoms with Crippen LogP contribution in [0.2, 0.25) is 5.02 Å². The molecule has 0 saturated carbocycles. The molecule has 6 nitrogen and oxygen atoms in total. The van der Waals surface area contributed by atoms with Crippen molar-refractivity contribution in [2.45, 2.75) is 19.9 Å². The lowest BCUT2D eigenvalue weighted by atomic mass is 10.0. The van der Waals surface area contributed by atoms with Gasteiger partial charge in [-0.05, 0) is 36.2 Å². The smallest absolute Gasteiger partial charge is 0.251 e. The van der Waals surface area contributed by atoms with Crippen LogP contribution in [-0.2, 0) is 9.59 Å². The topological polar surface area (TPSA) is 78.5 Å². The quantitative estimate of drug-likeness (QED) is 0.747. The minimum atomic E-state index is -0.739. The zero-order valence-corrected chi connectivity index (χ0v) is 16.9. The summed E-state index contributed by atoms with van der Waals surface area (Å²) in [5.41, 5.74) is 1.03. The fourth-order valence-electron chi connectivity index (χ4n) is 2.63. The van der Waals surface area contributed by atoms with Crippen LogP contribution in [0.4, 0.5) is 5.69 Å². The van der Waals surface area contributed by atoms with E-state index in [-0.39, 0.29) is 30.2 Å². The van der Waals surface area contributed by atoms with Crippen LogP contribution in [0.5, 0.6) is 0 Å². The maximum Gasteiger partial charge on any atom is 0.251 e. The van der Waals surface area contributed by atoms with E-state index in [0.717, 1.165) is 0 Å². The van der Waals surface area contributed by atoms with E-state index in [1.54, 1.807) is 48.5 Å². The van der Waals surface area contributed by atoms with Crippen LogP contribution in [0.1, 0.15) is 24.2 Å². The first kappa shape index (κ1) is 21.4. The van der Waals surface area contributed by atoms with Crippen molar-refractivity contribution in [3.8, 4) is 0 Å². The van der Waals surface area contributed by atoms with Gasteiger partial charge in [0.1, 0.15) is 6.04 Å². The van der Waals surface area contributed by atoms with Crippen LogP contribution in [0, 0.1) is 5.92 Å². The summed E-state index contributed by atoms with van der Waals surface area (Å²) in [4.78, 5) is 38.8. The Morgan fingerprint density at radius 1 is 1.04 bits per heavy atom. The second-order valence-electron chi connectivity index (χ2n) is 6.81. The molecule has 0 heterocycles. The monoisotopic (exact) mass is 401 g/mol. The molecular formula is C21H24ClN3O3. The van der Waals surface area contributed by atoms with Crippen LogP contribution in [0.3, 0.4) is 0 Å². The second kappa shape index (κ2) is 9.90. The van der Waals surface area contributed by atoms with E-state index in [0.29, 0.717) is 16.3 Å². The van der Waals surface area contributed by atoms with Gasteiger partial charge in [0.15, 0.2) is 0 Å². The minimum absolute atomic E-state index is 0.140. The summed E-state index contributed by atoms with van der Waals surface area (Å²) >= 11 is 5.90. The van der Waals surface area contributed by atoms with E-state index < -0.39 is 6.04 Å². The number of anilines is 1. The first-order valence-electron chi connectivity index (χ1n) is 8.94. The average molecular weight is 402 g/mol. The van der Waals surface area contributed by atoms with Crippen molar-refractivity contribution < 1.29 is 14.4 Å². The Balaban J connectivity index is 1.99. The number of rotatable bonds is 7. The normalized spacial score (nSPS) is 11.6. The zero-order valence-electron chi connectivity index (χ0n) is 16.1. The highest BCUT2D eigenvalue weighted by molar-refractivity contribution is 6.30. The Kier molecular flexibility index (Phi) is 7.58. The molecule has 2 aromatic rings. The van der Waals surface area contributed by atoms with Gasteiger partial charge in [0.25, 0.3) is 5.91 Å². The molecule has 0 bridgehead atoms. The van der Waals surface area contributed by atoms with Crippen molar-refractivity contribution >= 4 is 35.0 Å². The highest BCUT2D eigenvalue weighted by Gasteiger charge is 2.28. The van der Waals surface area contributed by atoms with Crippen molar-refractivity contribution in [3.63, 3.8) is 0 Å². The van der Waals surface area contributed by atoms with Crippen molar-refractivity contribution in [3.05, 3.63) is 65.2 Å². The van der Waals surface area contributed by atoms with Gasteiger partial charge in [0.2, 0.25) is 11.8 Å². The van der Waals surface area contributed by atoms with Crippen molar-refractivity contribution in [1.29, 1.82) is 0 Å². The molecule has 0 saturated heterocycles. The molecule has 28 heavy (non-hydrogen) atoms. The molecule has 7 heteroatoms. The maximum absolute atomic E-state index is 12.8. The molecule has 0 radical (unpaired) electrons. The summed E-state index contributed by atoms with van der Waals surface area (Å²) in [6.07, 6.45) is 0. The van der Waals surface area contributed by atoms with Gasteiger partial charge >= 0.3 is 0 Å². The summed E-state index contributed by atoms with van der Waals surface area (Å²) in [7, 11) is 1.53. The second-order valence-corrected chi connectivity index (χ2v) is 7.25. The SMILES string of the molecule is CC(C)C(NC(=O)c1ccccc1)C(=O)N(C)CC(=O)Nc1cccc(Cl)c1. The number of nitrogens with one attached hydrogen (secondary N) is 2. The molecule has 0 spiro atoms. The van der Waals surface area contributed by atoms with Crippen LogP contribution in [0.25, 0.3) is 0 Å². The molecule has 1 atom stereocenters. The van der Waals surface area contributed by atoms with Crippen molar-refractivity contribution in [1.82, 2.24) is 10.2 Å². The molecule has 0 aliphatic rings. The standard InChI is InChI=1S/C21H24ClN3O3/c1-14(2)19(24-20(27)15-8-5-4-6-9-15)21(28)25(3)13-18(26)23-17-11-7-10-16(22)12-17/h4-12,14,19H,13H2,1-3H3,(H,23,26)(H,24,27). The van der Waals surface area contributed by atoms with Gasteiger partial charge in [-0.25, -0.2) is 0 Å². The minimum Gasteiger partial charge on any atom is -0.340 e.